The number of phenolic OH excluding ortho intramolecular Hbond substituents is 1. The van der Waals surface area contributed by atoms with Gasteiger partial charge in [0.2, 0.25) is 0 Å². The molecule has 4 atom stereocenters. The summed E-state index contributed by atoms with van der Waals surface area (Å²) in [7, 11) is 0. The van der Waals surface area contributed by atoms with Crippen LogP contribution in [-0.2, 0) is 11.2 Å². The maximum absolute atomic E-state index is 12.6. The van der Waals surface area contributed by atoms with E-state index in [-0.39, 0.29) is 16.7 Å². The van der Waals surface area contributed by atoms with Crippen molar-refractivity contribution < 1.29 is 9.90 Å². The monoisotopic (exact) mass is 328 g/mol. The lowest BCUT2D eigenvalue weighted by molar-refractivity contribution is -0.122. The number of carbonyl (C=O) groups is 1. The van der Waals surface area contributed by atoms with Gasteiger partial charge in [-0.05, 0) is 46.8 Å². The van der Waals surface area contributed by atoms with E-state index in [9.17, 15) is 9.90 Å². The first kappa shape index (κ1) is 18.8. The van der Waals surface area contributed by atoms with E-state index in [1.807, 2.05) is 19.1 Å². The third kappa shape index (κ3) is 3.74. The molecule has 1 aliphatic carbocycles. The number of phenols is 1. The van der Waals surface area contributed by atoms with Crippen LogP contribution in [0.4, 0.5) is 0 Å². The van der Waals surface area contributed by atoms with Gasteiger partial charge in [-0.25, -0.2) is 0 Å². The summed E-state index contributed by atoms with van der Waals surface area (Å²) >= 11 is 0. The van der Waals surface area contributed by atoms with E-state index in [2.05, 4.69) is 46.8 Å². The zero-order valence-electron chi connectivity index (χ0n) is 16.0. The molecular weight excluding hydrogens is 296 g/mol. The van der Waals surface area contributed by atoms with Crippen molar-refractivity contribution in [2.24, 2.45) is 28.6 Å². The van der Waals surface area contributed by atoms with Crippen LogP contribution in [0.2, 0.25) is 0 Å². The third-order valence-corrected chi connectivity index (χ3v) is 6.70. The highest BCUT2D eigenvalue weighted by Crippen LogP contribution is 2.70. The summed E-state index contributed by atoms with van der Waals surface area (Å²) in [5, 5.41) is 9.33. The van der Waals surface area contributed by atoms with Gasteiger partial charge in [0.1, 0.15) is 11.5 Å². The van der Waals surface area contributed by atoms with Crippen LogP contribution in [-0.4, -0.2) is 10.9 Å². The number of benzene rings is 1. The summed E-state index contributed by atoms with van der Waals surface area (Å²) < 4.78 is 0. The van der Waals surface area contributed by atoms with Crippen LogP contribution in [0.3, 0.4) is 0 Å². The van der Waals surface area contributed by atoms with Crippen molar-refractivity contribution in [3.63, 3.8) is 0 Å². The van der Waals surface area contributed by atoms with Crippen LogP contribution in [0.1, 0.15) is 53.5 Å². The van der Waals surface area contributed by atoms with Crippen LogP contribution >= 0.6 is 0 Å². The summed E-state index contributed by atoms with van der Waals surface area (Å²) in [6, 6.07) is 7.34. The molecule has 0 spiro atoms. The van der Waals surface area contributed by atoms with Gasteiger partial charge < -0.3 is 5.11 Å². The van der Waals surface area contributed by atoms with E-state index in [0.29, 0.717) is 29.8 Å². The van der Waals surface area contributed by atoms with Gasteiger partial charge in [0.05, 0.1) is 0 Å². The Kier molecular flexibility index (Phi) is 5.27. The van der Waals surface area contributed by atoms with Crippen molar-refractivity contribution in [3.05, 3.63) is 42.0 Å². The zero-order valence-corrected chi connectivity index (χ0v) is 16.0. The zero-order chi connectivity index (χ0) is 18.1. The summed E-state index contributed by atoms with van der Waals surface area (Å²) in [5.41, 5.74) is 1.63. The van der Waals surface area contributed by atoms with E-state index < -0.39 is 0 Å². The maximum atomic E-state index is 12.6. The predicted molar refractivity (Wildman–Crippen MR) is 100.0 cm³/mol. The molecule has 1 aromatic carbocycles. The Morgan fingerprint density at radius 3 is 2.21 bits per heavy atom. The van der Waals surface area contributed by atoms with Crippen molar-refractivity contribution in [1.82, 2.24) is 0 Å². The van der Waals surface area contributed by atoms with Gasteiger partial charge in [-0.3, -0.25) is 4.79 Å². The van der Waals surface area contributed by atoms with Crippen molar-refractivity contribution >= 4 is 5.78 Å². The van der Waals surface area contributed by atoms with Crippen molar-refractivity contribution in [2.45, 2.75) is 54.4 Å². The van der Waals surface area contributed by atoms with Crippen LogP contribution in [0.5, 0.6) is 5.75 Å². The van der Waals surface area contributed by atoms with Crippen molar-refractivity contribution in [2.75, 3.05) is 0 Å². The molecule has 0 amide bonds. The van der Waals surface area contributed by atoms with E-state index in [1.54, 1.807) is 12.1 Å². The van der Waals surface area contributed by atoms with Crippen molar-refractivity contribution in [1.29, 1.82) is 0 Å². The lowest BCUT2D eigenvalue weighted by Crippen LogP contribution is -2.17. The molecule has 4 unspecified atom stereocenters. The standard InChI is InChI=1S/C22H32O2/c1-15(13-18-9-11-19(23)12-10-18)7-8-16(2)20(24)14-22(6)17(3)21(22,4)5/h7-12,15-17,23H,13-14H2,1-6H3. The van der Waals surface area contributed by atoms with Crippen LogP contribution in [0, 0.1) is 28.6 Å². The highest BCUT2D eigenvalue weighted by Gasteiger charge is 2.65. The molecule has 0 saturated heterocycles. The first-order valence-corrected chi connectivity index (χ1v) is 9.07. The minimum absolute atomic E-state index is 0.0207. The number of hydrogen-bond acceptors (Lipinski definition) is 2. The molecule has 132 valence electrons. The molecule has 0 bridgehead atoms. The average molecular weight is 328 g/mol. The number of rotatable bonds is 7. The van der Waals surface area contributed by atoms with Crippen molar-refractivity contribution in [3.8, 4) is 5.75 Å². The third-order valence-electron chi connectivity index (χ3n) is 6.70. The molecule has 0 aliphatic heterocycles. The molecule has 0 radical (unpaired) electrons. The molecule has 1 aliphatic rings. The maximum Gasteiger partial charge on any atom is 0.140 e. The molecule has 2 nitrogen and oxygen atoms in total. The molecule has 1 aromatic rings. The van der Waals surface area contributed by atoms with E-state index in [4.69, 9.17) is 0 Å². The summed E-state index contributed by atoms with van der Waals surface area (Å²) in [6.07, 6.45) is 5.81. The number of hydrogen-bond donors (Lipinski definition) is 1. The Hall–Kier alpha value is -1.57. The second kappa shape index (κ2) is 6.74. The smallest absolute Gasteiger partial charge is 0.140 e. The van der Waals surface area contributed by atoms with Gasteiger partial charge in [0.25, 0.3) is 0 Å². The molecule has 2 heteroatoms. The lowest BCUT2D eigenvalue weighted by atomic mass is 9.88. The van der Waals surface area contributed by atoms with Gasteiger partial charge in [0, 0.05) is 12.3 Å². The molecule has 1 saturated carbocycles. The van der Waals surface area contributed by atoms with E-state index in [1.165, 1.54) is 5.56 Å². The Balaban J connectivity index is 1.86. The largest absolute Gasteiger partial charge is 0.508 e. The summed E-state index contributed by atoms with van der Waals surface area (Å²) in [6.45, 7) is 13.2. The van der Waals surface area contributed by atoms with Gasteiger partial charge in [-0.1, -0.05) is 65.8 Å². The number of carbonyl (C=O) groups excluding carboxylic acids is 1. The Morgan fingerprint density at radius 2 is 1.71 bits per heavy atom. The second-order valence-electron chi connectivity index (χ2n) is 8.53. The van der Waals surface area contributed by atoms with E-state index >= 15 is 0 Å². The number of allylic oxidation sites excluding steroid dienone is 2. The topological polar surface area (TPSA) is 37.3 Å². The van der Waals surface area contributed by atoms with Gasteiger partial charge in [-0.15, -0.1) is 0 Å². The molecule has 1 N–H and O–H groups in total. The predicted octanol–water partition coefficient (Wildman–Crippen LogP) is 5.40. The van der Waals surface area contributed by atoms with Gasteiger partial charge >= 0.3 is 0 Å². The number of Topliss-reactive ketones (excluding diaryl/α,β-unsaturated/α-hetero) is 1. The fourth-order valence-corrected chi connectivity index (χ4v) is 3.82. The molecular formula is C22H32O2. The molecule has 2 rings (SSSR count). The second-order valence-corrected chi connectivity index (χ2v) is 8.53. The fourth-order valence-electron chi connectivity index (χ4n) is 3.82. The SMILES string of the molecule is CC(C=CC(C)C(=O)CC1(C)C(C)C1(C)C)Cc1ccc(O)cc1. The fraction of sp³-hybridized carbons (Fsp3) is 0.591. The Morgan fingerprint density at radius 1 is 1.17 bits per heavy atom. The summed E-state index contributed by atoms with van der Waals surface area (Å²) in [4.78, 5) is 12.6. The lowest BCUT2D eigenvalue weighted by Gasteiger charge is -2.16. The van der Waals surface area contributed by atoms with Crippen LogP contribution < -0.4 is 0 Å². The molecule has 24 heavy (non-hydrogen) atoms. The molecule has 1 fully saturated rings. The normalized spacial score (nSPS) is 27.8. The summed E-state index contributed by atoms with van der Waals surface area (Å²) in [5.74, 6) is 1.61. The Labute approximate surface area is 147 Å². The minimum atomic E-state index is -0.0207. The first-order valence-electron chi connectivity index (χ1n) is 9.07. The highest BCUT2D eigenvalue weighted by molar-refractivity contribution is 5.83. The molecule has 0 heterocycles. The number of aromatic hydroxyl groups is 1. The van der Waals surface area contributed by atoms with Crippen LogP contribution in [0.25, 0.3) is 0 Å². The average Bonchev–Trinajstić information content (AvgIpc) is 2.90. The van der Waals surface area contributed by atoms with Crippen LogP contribution in [0.15, 0.2) is 36.4 Å². The quantitative estimate of drug-likeness (QED) is 0.680. The minimum Gasteiger partial charge on any atom is -0.508 e. The molecule has 0 aromatic heterocycles. The highest BCUT2D eigenvalue weighted by atomic mass is 16.3. The first-order chi connectivity index (χ1) is 11.1. The van der Waals surface area contributed by atoms with Gasteiger partial charge in [0.15, 0.2) is 0 Å². The Bertz CT molecular complexity index is 611. The van der Waals surface area contributed by atoms with E-state index in [0.717, 1.165) is 6.42 Å². The number of ketones is 1. The van der Waals surface area contributed by atoms with Gasteiger partial charge in [-0.2, -0.15) is 0 Å².